The van der Waals surface area contributed by atoms with E-state index in [1.165, 1.54) is 50.5 Å². The van der Waals surface area contributed by atoms with Gasteiger partial charge in [0.2, 0.25) is 5.36 Å². The van der Waals surface area contributed by atoms with Crippen LogP contribution in [0.5, 0.6) is 17.2 Å². The van der Waals surface area contributed by atoms with Crippen molar-refractivity contribution in [2.24, 2.45) is 11.3 Å². The van der Waals surface area contributed by atoms with Gasteiger partial charge in [-0.25, -0.2) is 14.2 Å². The fraction of sp³-hybridized carbons (Fsp3) is 0.515. The van der Waals surface area contributed by atoms with E-state index in [4.69, 9.17) is 28.4 Å². The summed E-state index contributed by atoms with van der Waals surface area (Å²) >= 11 is 0. The maximum atomic E-state index is 13.6. The SMILES string of the molecule is Cc1nnc(-c2ccc(OCCOCCOCCOCCNC(=O)c3ccc(C4=c5cc6c7c(c5Oc5c4cc4c8c5CCCN8CCC4)CCC[N+]=7CCC6)c(C(=O)O)c3)cc2)c2c1CCC(OC(=O)NCC(C)(C)C(C)C)CCC2. The van der Waals surface area contributed by atoms with Crippen LogP contribution in [0.4, 0.5) is 10.5 Å². The molecule has 0 radical (unpaired) electrons. The number of rotatable bonds is 21. The maximum absolute atomic E-state index is 13.6. The molecule has 5 aliphatic heterocycles. The van der Waals surface area contributed by atoms with Crippen molar-refractivity contribution in [2.45, 2.75) is 124 Å². The Morgan fingerprint density at radius 3 is 2.21 bits per heavy atom. The third kappa shape index (κ3) is 12.3. The van der Waals surface area contributed by atoms with Crippen molar-refractivity contribution in [1.82, 2.24) is 25.4 Å². The van der Waals surface area contributed by atoms with Gasteiger partial charge in [-0.3, -0.25) is 4.79 Å². The lowest BCUT2D eigenvalue weighted by Gasteiger charge is -2.39. The molecule has 1 unspecified atom stereocenters. The second-order valence-corrected chi connectivity index (χ2v) is 23.9. The Labute approximate surface area is 481 Å². The molecule has 6 heterocycles. The van der Waals surface area contributed by atoms with Gasteiger partial charge in [-0.2, -0.15) is 5.10 Å². The van der Waals surface area contributed by atoms with Crippen LogP contribution >= 0.6 is 0 Å². The van der Waals surface area contributed by atoms with Crippen molar-refractivity contribution >= 4 is 29.2 Å². The smallest absolute Gasteiger partial charge is 0.407 e. The number of ether oxygens (including phenoxy) is 6. The lowest BCUT2D eigenvalue weighted by atomic mass is 9.81. The van der Waals surface area contributed by atoms with E-state index in [0.717, 1.165) is 160 Å². The molecule has 11 rings (SSSR count). The van der Waals surface area contributed by atoms with Crippen LogP contribution in [0.2, 0.25) is 0 Å². The number of anilines is 1. The molecular formula is C66H81N6O10+. The second kappa shape index (κ2) is 25.3. The summed E-state index contributed by atoms with van der Waals surface area (Å²) in [4.78, 5) is 42.1. The van der Waals surface area contributed by atoms with Crippen LogP contribution in [0, 0.1) is 18.3 Å². The van der Waals surface area contributed by atoms with Gasteiger partial charge in [0.1, 0.15) is 43.0 Å². The standard InChI is InChI=1S/C66H80N6O10/c1-41(2)66(4,5)40-68-65(76)81-48-13-6-14-51-49(24-22-48)42(3)69-70-58(51)43-17-20-47(21-18-43)80-36-35-79-34-33-78-32-31-77-30-25-67-63(73)46-19-23-50(54(39-46)64(74)75)57-55-37-44-11-7-26-71-28-9-15-52(59(44)71)61(55)82-62-53-16-10-29-72-27-8-12-45(60(53)72)38-56(57)62/h17-21,23,37-39,41,48H,6-16,22,24-36,40H2,1-5H3,(H2-,67,68,73,74,75,76)/p+1. The number of benzene rings is 4. The highest BCUT2D eigenvalue weighted by molar-refractivity contribution is 6.03. The fourth-order valence-electron chi connectivity index (χ4n) is 12.9. The zero-order valence-electron chi connectivity index (χ0n) is 48.6. The van der Waals surface area contributed by atoms with Gasteiger partial charge in [-0.1, -0.05) is 33.8 Å². The Bertz CT molecular complexity index is 3350. The summed E-state index contributed by atoms with van der Waals surface area (Å²) in [6, 6.07) is 17.6. The van der Waals surface area contributed by atoms with E-state index in [9.17, 15) is 19.5 Å². The van der Waals surface area contributed by atoms with Gasteiger partial charge in [0.05, 0.1) is 62.2 Å². The highest BCUT2D eigenvalue weighted by Crippen LogP contribution is 2.49. The normalized spacial score (nSPS) is 17.0. The molecule has 3 N–H and O–H groups in total. The molecule has 16 heteroatoms. The van der Waals surface area contributed by atoms with Crippen LogP contribution in [0.25, 0.3) is 16.8 Å². The zero-order chi connectivity index (χ0) is 56.9. The summed E-state index contributed by atoms with van der Waals surface area (Å²) in [5.74, 6) is 1.45. The lowest BCUT2D eigenvalue weighted by Crippen LogP contribution is -2.45. The van der Waals surface area contributed by atoms with E-state index in [2.05, 4.69) is 70.1 Å². The average molecular weight is 1120 g/mol. The van der Waals surface area contributed by atoms with E-state index in [-0.39, 0.29) is 47.8 Å². The molecule has 0 spiro atoms. The number of hydrogen-bond donors (Lipinski definition) is 3. The molecule has 0 bridgehead atoms. The van der Waals surface area contributed by atoms with Gasteiger partial charge >= 0.3 is 12.1 Å². The number of hydrogen-bond acceptors (Lipinski definition) is 12. The first-order chi connectivity index (χ1) is 39.8. The van der Waals surface area contributed by atoms with Crippen LogP contribution in [0.1, 0.15) is 144 Å². The number of aryl methyl sites for hydroxylation is 3. The molecule has 1 aromatic heterocycles. The summed E-state index contributed by atoms with van der Waals surface area (Å²) < 4.78 is 38.8. The monoisotopic (exact) mass is 1120 g/mol. The number of nitrogens with one attached hydrogen (secondary N) is 2. The largest absolute Gasteiger partial charge is 0.491 e. The summed E-state index contributed by atoms with van der Waals surface area (Å²) in [5.41, 5.74) is 14.4. The number of carbonyl (C=O) groups excluding carboxylic acids is 2. The van der Waals surface area contributed by atoms with Crippen LogP contribution < -0.4 is 40.2 Å². The van der Waals surface area contributed by atoms with Crippen LogP contribution in [0.3, 0.4) is 0 Å². The Kier molecular flexibility index (Phi) is 17.6. The van der Waals surface area contributed by atoms with E-state index < -0.39 is 5.97 Å². The number of fused-ring (bicyclic) bond motifs is 5. The number of carboxylic acids is 1. The molecule has 1 atom stereocenters. The molecule has 0 saturated heterocycles. The number of aromatic nitrogens is 2. The van der Waals surface area contributed by atoms with Gasteiger partial charge in [-0.15, -0.1) is 5.10 Å². The van der Waals surface area contributed by atoms with E-state index in [1.54, 1.807) is 6.07 Å². The minimum atomic E-state index is -1.08. The molecule has 434 valence electrons. The molecule has 2 amide bonds. The Morgan fingerprint density at radius 1 is 0.732 bits per heavy atom. The van der Waals surface area contributed by atoms with Crippen molar-refractivity contribution in [3.05, 3.63) is 127 Å². The van der Waals surface area contributed by atoms with Gasteiger partial charge in [0, 0.05) is 83.3 Å². The first kappa shape index (κ1) is 57.0. The number of carboxylic acid groups (broad SMARTS) is 1. The zero-order valence-corrected chi connectivity index (χ0v) is 48.6. The Hall–Kier alpha value is -6.88. The topological polar surface area (TPSA) is 183 Å². The predicted octanol–water partition coefficient (Wildman–Crippen LogP) is 8.49. The molecular weight excluding hydrogens is 1040 g/mol. The van der Waals surface area contributed by atoms with E-state index >= 15 is 0 Å². The highest BCUT2D eigenvalue weighted by Gasteiger charge is 2.37. The molecule has 5 aromatic rings. The quantitative estimate of drug-likeness (QED) is 0.0461. The molecule has 0 saturated carbocycles. The second-order valence-electron chi connectivity index (χ2n) is 23.9. The molecule has 16 nitrogen and oxygen atoms in total. The molecule has 82 heavy (non-hydrogen) atoms. The molecule has 4 aromatic carbocycles. The van der Waals surface area contributed by atoms with E-state index in [0.29, 0.717) is 57.7 Å². The molecule has 0 fully saturated rings. The molecule has 1 aliphatic carbocycles. The Balaban J connectivity index is 0.623. The number of carbonyl (C=O) groups is 3. The van der Waals surface area contributed by atoms with Crippen LogP contribution in [0.15, 0.2) is 54.6 Å². The molecule has 6 aliphatic rings. The van der Waals surface area contributed by atoms with Crippen molar-refractivity contribution in [3.63, 3.8) is 0 Å². The summed E-state index contributed by atoms with van der Waals surface area (Å²) in [6.07, 6.45) is 11.6. The minimum Gasteiger partial charge on any atom is -0.491 e. The number of aromatic carboxylic acids is 1. The van der Waals surface area contributed by atoms with Crippen LogP contribution in [-0.4, -0.2) is 125 Å². The maximum Gasteiger partial charge on any atom is 0.407 e. The van der Waals surface area contributed by atoms with Gasteiger partial charge in [-0.05, 0) is 160 Å². The van der Waals surface area contributed by atoms with Crippen molar-refractivity contribution in [1.29, 1.82) is 0 Å². The first-order valence-corrected chi connectivity index (χ1v) is 30.2. The van der Waals surface area contributed by atoms with Crippen molar-refractivity contribution in [2.75, 3.05) is 90.4 Å². The van der Waals surface area contributed by atoms with Gasteiger partial charge in [0.15, 0.2) is 0 Å². The number of nitrogens with zero attached hydrogens (tertiary/aromatic N) is 4. The predicted molar refractivity (Wildman–Crippen MR) is 314 cm³/mol. The van der Waals surface area contributed by atoms with Crippen molar-refractivity contribution in [3.8, 4) is 28.5 Å². The Morgan fingerprint density at radius 2 is 1.44 bits per heavy atom. The van der Waals surface area contributed by atoms with Gasteiger partial charge < -0.3 is 49.1 Å². The first-order valence-electron chi connectivity index (χ1n) is 30.2. The van der Waals surface area contributed by atoms with E-state index in [1.807, 2.05) is 37.3 Å². The summed E-state index contributed by atoms with van der Waals surface area (Å²) in [5, 5.41) is 28.2. The average Bonchev–Trinajstić information content (AvgIpc) is 1.61. The summed E-state index contributed by atoms with van der Waals surface area (Å²) in [6.45, 7) is 18.2. The fourth-order valence-corrected chi connectivity index (χ4v) is 12.9. The lowest BCUT2D eigenvalue weighted by molar-refractivity contribution is 0.00988. The van der Waals surface area contributed by atoms with Gasteiger partial charge in [0.25, 0.3) is 5.91 Å². The number of alkyl carbamates (subject to hydrolysis) is 1. The highest BCUT2D eigenvalue weighted by atomic mass is 16.6. The number of amides is 2. The van der Waals surface area contributed by atoms with Crippen LogP contribution in [-0.2, 0) is 57.5 Å². The minimum absolute atomic E-state index is 0.0128. The third-order valence-corrected chi connectivity index (χ3v) is 18.0. The van der Waals surface area contributed by atoms with Crippen molar-refractivity contribution < 1.29 is 47.9 Å². The summed E-state index contributed by atoms with van der Waals surface area (Å²) in [7, 11) is 0. The third-order valence-electron chi connectivity index (χ3n) is 18.0.